The highest BCUT2D eigenvalue weighted by Gasteiger charge is 2.39. The van der Waals surface area contributed by atoms with Gasteiger partial charge in [-0.3, -0.25) is 0 Å². The van der Waals surface area contributed by atoms with Gasteiger partial charge in [-0.2, -0.15) is 0 Å². The van der Waals surface area contributed by atoms with Crippen LogP contribution in [0, 0.1) is 0 Å². The van der Waals surface area contributed by atoms with Crippen LogP contribution >= 0.6 is 0 Å². The maximum atomic E-state index is 9.81. The summed E-state index contributed by atoms with van der Waals surface area (Å²) in [5, 5.41) is 50.7. The Morgan fingerprint density at radius 2 is 1.50 bits per heavy atom. The van der Waals surface area contributed by atoms with E-state index >= 15 is 0 Å². The Morgan fingerprint density at radius 3 is 1.75 bits per heavy atom. The summed E-state index contributed by atoms with van der Waals surface area (Å²) in [6.45, 7) is 0. The van der Waals surface area contributed by atoms with Crippen molar-refractivity contribution in [1.82, 2.24) is 0 Å². The van der Waals surface area contributed by atoms with E-state index in [0.29, 0.717) is 0 Å². The molecule has 0 radical (unpaired) electrons. The van der Waals surface area contributed by atoms with Crippen molar-refractivity contribution in [2.45, 2.75) is 24.3 Å². The molecule has 0 aromatic heterocycles. The zero-order chi connectivity index (χ0) is 9.94. The lowest BCUT2D eigenvalue weighted by Gasteiger charge is -2.26. The molecule has 0 saturated carbocycles. The number of aldehydes is 1. The van der Waals surface area contributed by atoms with Gasteiger partial charge in [-0.15, -0.1) is 0 Å². The van der Waals surface area contributed by atoms with Gasteiger partial charge in [0, 0.05) is 0 Å². The van der Waals surface area contributed by atoms with Gasteiger partial charge in [0.1, 0.15) is 12.2 Å². The minimum absolute atomic E-state index is 0.125. The monoisotopic (exact) mass is 182 g/mol. The van der Waals surface area contributed by atoms with Crippen LogP contribution < -0.4 is 0 Å². The molecule has 0 aromatic carbocycles. The van der Waals surface area contributed by atoms with Crippen molar-refractivity contribution in [3.05, 3.63) is 0 Å². The van der Waals surface area contributed by atoms with Gasteiger partial charge in [-0.05, 0) is 0 Å². The van der Waals surface area contributed by atoms with Crippen LogP contribution in [-0.4, -0.2) is 61.2 Å². The molecule has 0 unspecified atom stereocenters. The van der Waals surface area contributed by atoms with E-state index in [0.717, 1.165) is 0 Å². The third kappa shape index (κ3) is 2.81. The van der Waals surface area contributed by atoms with Crippen LogP contribution in [-0.2, 0) is 4.79 Å². The number of rotatable bonds is 4. The van der Waals surface area contributed by atoms with Crippen LogP contribution in [0.2, 0.25) is 0 Å². The van der Waals surface area contributed by atoms with Gasteiger partial charge in [-0.1, -0.05) is 0 Å². The molecule has 0 amide bonds. The van der Waals surface area contributed by atoms with E-state index in [1.54, 1.807) is 0 Å². The first-order valence-corrected chi connectivity index (χ1v) is 2.97. The number of carbonyl (C=O) groups is 1. The lowest BCUT2D eigenvalue weighted by molar-refractivity contribution is -0.369. The molecule has 0 heterocycles. The van der Waals surface area contributed by atoms with Crippen molar-refractivity contribution >= 4 is 6.29 Å². The van der Waals surface area contributed by atoms with Crippen LogP contribution in [0.25, 0.3) is 0 Å². The molecule has 7 heteroatoms. The Morgan fingerprint density at radius 1 is 1.08 bits per heavy atom. The van der Waals surface area contributed by atoms with Crippen LogP contribution in [0.4, 0.5) is 0 Å². The molecule has 0 aliphatic rings. The molecule has 0 bridgehead atoms. The van der Waals surface area contributed by atoms with E-state index in [1.807, 2.05) is 0 Å². The van der Waals surface area contributed by atoms with E-state index < -0.39 is 24.3 Å². The van der Waals surface area contributed by atoms with Gasteiger partial charge in [0.05, 0.1) is 0 Å². The minimum Gasteiger partial charge on any atom is -0.387 e. The Kier molecular flexibility index (Phi) is 3.71. The second-order valence-electron chi connectivity index (χ2n) is 2.25. The van der Waals surface area contributed by atoms with Gasteiger partial charge in [-0.25, -0.2) is 0 Å². The Labute approximate surface area is 67.1 Å². The molecular formula is C5H10O7. The predicted octanol–water partition coefficient (Wildman–Crippen LogP) is -4.10. The molecule has 0 fully saturated rings. The zero-order valence-corrected chi connectivity index (χ0v) is 5.90. The van der Waals surface area contributed by atoms with Gasteiger partial charge in [0.15, 0.2) is 12.4 Å². The zero-order valence-electron chi connectivity index (χ0n) is 5.90. The molecule has 0 aliphatic carbocycles. The van der Waals surface area contributed by atoms with Gasteiger partial charge >= 0.3 is 5.97 Å². The molecule has 0 aromatic rings. The summed E-state index contributed by atoms with van der Waals surface area (Å²) >= 11 is 0. The highest BCUT2D eigenvalue weighted by Crippen LogP contribution is 2.08. The Hall–Kier alpha value is -0.570. The van der Waals surface area contributed by atoms with Gasteiger partial charge in [0.25, 0.3) is 0 Å². The first kappa shape index (κ1) is 11.4. The van der Waals surface area contributed by atoms with Crippen molar-refractivity contribution in [2.75, 3.05) is 0 Å². The smallest absolute Gasteiger partial charge is 0.305 e. The van der Waals surface area contributed by atoms with Crippen molar-refractivity contribution in [3.63, 3.8) is 0 Å². The highest BCUT2D eigenvalue weighted by atomic mass is 16.7. The SMILES string of the molecule is O=C[C@H](O)[C@H](O)[C@H](O)C(O)(O)O. The number of hydrogen-bond donors (Lipinski definition) is 6. The number of hydrogen-bond acceptors (Lipinski definition) is 7. The maximum absolute atomic E-state index is 9.81. The van der Waals surface area contributed by atoms with E-state index in [4.69, 9.17) is 30.6 Å². The second kappa shape index (κ2) is 3.90. The van der Waals surface area contributed by atoms with Crippen LogP contribution in [0.3, 0.4) is 0 Å². The number of aliphatic hydroxyl groups is 6. The lowest BCUT2D eigenvalue weighted by atomic mass is 10.1. The Balaban J connectivity index is 4.28. The summed E-state index contributed by atoms with van der Waals surface area (Å²) in [6.07, 6.45) is -6.73. The molecule has 6 N–H and O–H groups in total. The average molecular weight is 182 g/mol. The third-order valence-corrected chi connectivity index (χ3v) is 1.21. The van der Waals surface area contributed by atoms with Crippen LogP contribution in [0.1, 0.15) is 0 Å². The summed E-state index contributed by atoms with van der Waals surface area (Å²) in [4.78, 5) is 9.81. The maximum Gasteiger partial charge on any atom is 0.305 e. The van der Waals surface area contributed by atoms with Crippen molar-refractivity contribution < 1.29 is 35.4 Å². The van der Waals surface area contributed by atoms with Gasteiger partial charge in [0.2, 0.25) is 0 Å². The summed E-state index contributed by atoms with van der Waals surface area (Å²) < 4.78 is 0. The first-order valence-electron chi connectivity index (χ1n) is 2.97. The summed E-state index contributed by atoms with van der Waals surface area (Å²) in [5.74, 6) is -3.55. The highest BCUT2D eigenvalue weighted by molar-refractivity contribution is 5.56. The Bertz CT molecular complexity index is 150. The fourth-order valence-electron chi connectivity index (χ4n) is 0.496. The molecule has 0 spiro atoms. The lowest BCUT2D eigenvalue weighted by Crippen LogP contribution is -2.53. The molecule has 0 rings (SSSR count). The fraction of sp³-hybridized carbons (Fsp3) is 0.800. The van der Waals surface area contributed by atoms with E-state index in [-0.39, 0.29) is 6.29 Å². The molecular weight excluding hydrogens is 172 g/mol. The summed E-state index contributed by atoms with van der Waals surface area (Å²) in [6, 6.07) is 0. The molecule has 0 saturated heterocycles. The number of carbonyl (C=O) groups excluding carboxylic acids is 1. The third-order valence-electron chi connectivity index (χ3n) is 1.21. The largest absolute Gasteiger partial charge is 0.387 e. The second-order valence-corrected chi connectivity index (χ2v) is 2.25. The molecule has 7 nitrogen and oxygen atoms in total. The average Bonchev–Trinajstić information content (AvgIpc) is 1.98. The number of aliphatic hydroxyl groups excluding tert-OH is 3. The molecule has 3 atom stereocenters. The van der Waals surface area contributed by atoms with Crippen LogP contribution in [0.15, 0.2) is 0 Å². The van der Waals surface area contributed by atoms with Crippen molar-refractivity contribution in [3.8, 4) is 0 Å². The van der Waals surface area contributed by atoms with Gasteiger partial charge < -0.3 is 35.4 Å². The topological polar surface area (TPSA) is 138 Å². The summed E-state index contributed by atoms with van der Waals surface area (Å²) in [5.41, 5.74) is 0. The standard InChI is InChI=1S/C5H10O7/c6-1-2(7)3(8)4(9)5(10,11)12/h1-4,7-12H/t2-,3-,4-/m0/s1. The molecule has 0 aliphatic heterocycles. The normalized spacial score (nSPS) is 19.8. The van der Waals surface area contributed by atoms with E-state index in [9.17, 15) is 4.79 Å². The minimum atomic E-state index is -3.55. The predicted molar refractivity (Wildman–Crippen MR) is 33.5 cm³/mol. The quantitative estimate of drug-likeness (QED) is 0.192. The van der Waals surface area contributed by atoms with E-state index in [2.05, 4.69) is 0 Å². The molecule has 12 heavy (non-hydrogen) atoms. The van der Waals surface area contributed by atoms with Crippen LogP contribution in [0.5, 0.6) is 0 Å². The van der Waals surface area contributed by atoms with Crippen molar-refractivity contribution in [2.24, 2.45) is 0 Å². The first-order chi connectivity index (χ1) is 5.30. The fourth-order valence-corrected chi connectivity index (χ4v) is 0.496. The van der Waals surface area contributed by atoms with Crippen molar-refractivity contribution in [1.29, 1.82) is 0 Å². The summed E-state index contributed by atoms with van der Waals surface area (Å²) in [7, 11) is 0. The molecule has 72 valence electrons. The van der Waals surface area contributed by atoms with E-state index in [1.165, 1.54) is 0 Å².